The van der Waals surface area contributed by atoms with Crippen molar-refractivity contribution in [2.24, 2.45) is 11.8 Å². The first-order valence-corrected chi connectivity index (χ1v) is 12.7. The van der Waals surface area contributed by atoms with Crippen molar-refractivity contribution in [3.05, 3.63) is 60.3 Å². The molecule has 1 fully saturated rings. The second kappa shape index (κ2) is 12.1. The van der Waals surface area contributed by atoms with Gasteiger partial charge >= 0.3 is 5.97 Å². The number of aliphatic carboxylic acids is 1. The Hall–Kier alpha value is -3.06. The molecule has 0 aliphatic carbocycles. The summed E-state index contributed by atoms with van der Waals surface area (Å²) in [5, 5.41) is 10.7. The lowest BCUT2D eigenvalue weighted by molar-refractivity contribution is -0.139. The molecule has 7 heteroatoms. The van der Waals surface area contributed by atoms with E-state index in [-0.39, 0.29) is 12.3 Å². The summed E-state index contributed by atoms with van der Waals surface area (Å²) in [4.78, 5) is 27.1. The molecular weight excluding hydrogens is 440 g/mol. The number of aromatic nitrogens is 3. The number of piperidine rings is 1. The maximum absolute atomic E-state index is 11.7. The van der Waals surface area contributed by atoms with Crippen molar-refractivity contribution in [2.75, 3.05) is 26.7 Å². The number of carbonyl (C=O) groups is 1. The van der Waals surface area contributed by atoms with Crippen LogP contribution in [0.5, 0.6) is 5.75 Å². The summed E-state index contributed by atoms with van der Waals surface area (Å²) < 4.78 is 5.41. The number of rotatable bonds is 11. The van der Waals surface area contributed by atoms with Gasteiger partial charge in [0.1, 0.15) is 12.1 Å². The van der Waals surface area contributed by atoms with Crippen molar-refractivity contribution < 1.29 is 14.6 Å². The molecule has 0 radical (unpaired) electrons. The third kappa shape index (κ3) is 6.54. The summed E-state index contributed by atoms with van der Waals surface area (Å²) >= 11 is 0. The van der Waals surface area contributed by atoms with Crippen LogP contribution in [0.25, 0.3) is 10.9 Å². The molecule has 0 spiro atoms. The molecule has 1 saturated heterocycles. The average Bonchev–Trinajstić information content (AvgIpc) is 2.88. The number of pyridine rings is 1. The number of carboxylic acids is 1. The smallest absolute Gasteiger partial charge is 0.303 e. The monoisotopic (exact) mass is 476 g/mol. The maximum atomic E-state index is 11.7. The SMILES string of the molecule is CCC(CN1CC[C@@H](CCCc2ccnc3ccc(OC)cc23)[C@@H](CC(=O)O)C1)c1ccncn1. The number of benzene rings is 1. The fraction of sp³-hybridized carbons (Fsp3) is 0.500. The van der Waals surface area contributed by atoms with Gasteiger partial charge in [-0.3, -0.25) is 9.78 Å². The first kappa shape index (κ1) is 25.0. The lowest BCUT2D eigenvalue weighted by Crippen LogP contribution is -2.43. The fourth-order valence-corrected chi connectivity index (χ4v) is 5.53. The van der Waals surface area contributed by atoms with Crippen LogP contribution in [0.3, 0.4) is 0 Å². The lowest BCUT2D eigenvalue weighted by atomic mass is 9.79. The highest BCUT2D eigenvalue weighted by Gasteiger charge is 2.31. The van der Waals surface area contributed by atoms with Crippen LogP contribution in [0.1, 0.15) is 56.2 Å². The number of likely N-dealkylation sites (tertiary alicyclic amines) is 1. The highest BCUT2D eigenvalue weighted by atomic mass is 16.5. The third-order valence-electron chi connectivity index (χ3n) is 7.47. The molecule has 3 atom stereocenters. The van der Waals surface area contributed by atoms with Crippen LogP contribution in [0.15, 0.2) is 49.1 Å². The van der Waals surface area contributed by atoms with Gasteiger partial charge in [0, 0.05) is 48.9 Å². The predicted octanol–water partition coefficient (Wildman–Crippen LogP) is 4.96. The number of hydrogen-bond acceptors (Lipinski definition) is 6. The number of methoxy groups -OCH3 is 1. The molecule has 1 aliphatic rings. The highest BCUT2D eigenvalue weighted by molar-refractivity contribution is 5.83. The van der Waals surface area contributed by atoms with Crippen molar-refractivity contribution in [2.45, 2.75) is 51.4 Å². The lowest BCUT2D eigenvalue weighted by Gasteiger charge is -2.39. The molecule has 3 heterocycles. The second-order valence-electron chi connectivity index (χ2n) is 9.65. The zero-order valence-electron chi connectivity index (χ0n) is 20.8. The van der Waals surface area contributed by atoms with Crippen LogP contribution >= 0.6 is 0 Å². The summed E-state index contributed by atoms with van der Waals surface area (Å²) in [6, 6.07) is 10.1. The van der Waals surface area contributed by atoms with Crippen LogP contribution < -0.4 is 4.74 Å². The molecule has 1 aromatic carbocycles. The molecule has 186 valence electrons. The van der Waals surface area contributed by atoms with E-state index in [1.165, 1.54) is 5.56 Å². The number of aryl methyl sites for hydroxylation is 1. The second-order valence-corrected chi connectivity index (χ2v) is 9.65. The van der Waals surface area contributed by atoms with Gasteiger partial charge in [-0.15, -0.1) is 0 Å². The maximum Gasteiger partial charge on any atom is 0.303 e. The molecule has 3 aromatic rings. The molecule has 0 bridgehead atoms. The van der Waals surface area contributed by atoms with E-state index in [1.54, 1.807) is 19.6 Å². The number of carboxylic acid groups (broad SMARTS) is 1. The standard InChI is InChI=1S/C28H36N4O3/c1-3-20(26-10-12-29-19-31-26)17-32-14-11-21(23(18-32)15-28(33)34)5-4-6-22-9-13-30-27-8-7-24(35-2)16-25(22)27/h7-10,12-13,16,19-21,23H,3-6,11,14-15,17-18H2,1-2H3,(H,33,34)/t20?,21-,23+/m1/s1. The molecule has 1 N–H and O–H groups in total. The van der Waals surface area contributed by atoms with Crippen molar-refractivity contribution in [3.8, 4) is 5.75 Å². The fourth-order valence-electron chi connectivity index (χ4n) is 5.53. The quantitative estimate of drug-likeness (QED) is 0.418. The van der Waals surface area contributed by atoms with Crippen molar-refractivity contribution in [1.82, 2.24) is 19.9 Å². The van der Waals surface area contributed by atoms with E-state index < -0.39 is 5.97 Å². The highest BCUT2D eigenvalue weighted by Crippen LogP contribution is 2.33. The molecule has 2 aromatic heterocycles. The summed E-state index contributed by atoms with van der Waals surface area (Å²) in [5.41, 5.74) is 3.33. The summed E-state index contributed by atoms with van der Waals surface area (Å²) in [6.45, 7) is 4.96. The first-order valence-electron chi connectivity index (χ1n) is 12.7. The van der Waals surface area contributed by atoms with Gasteiger partial charge in [0.05, 0.1) is 12.6 Å². The van der Waals surface area contributed by atoms with E-state index in [2.05, 4.69) is 38.9 Å². The molecule has 35 heavy (non-hydrogen) atoms. The van der Waals surface area contributed by atoms with Crippen molar-refractivity contribution in [1.29, 1.82) is 0 Å². The Bertz CT molecular complexity index is 1110. The minimum absolute atomic E-state index is 0.179. The molecule has 0 saturated carbocycles. The summed E-state index contributed by atoms with van der Waals surface area (Å²) in [6.07, 6.45) is 10.6. The average molecular weight is 477 g/mol. The predicted molar refractivity (Wildman–Crippen MR) is 137 cm³/mol. The van der Waals surface area contributed by atoms with E-state index in [0.717, 1.165) is 74.1 Å². The Kier molecular flexibility index (Phi) is 8.64. The van der Waals surface area contributed by atoms with Crippen LogP contribution in [-0.2, 0) is 11.2 Å². The van der Waals surface area contributed by atoms with Gasteiger partial charge in [0.2, 0.25) is 0 Å². The molecule has 7 nitrogen and oxygen atoms in total. The Labute approximate surface area is 207 Å². The normalized spacial score (nSPS) is 19.5. The van der Waals surface area contributed by atoms with E-state index in [1.807, 2.05) is 24.4 Å². The third-order valence-corrected chi connectivity index (χ3v) is 7.47. The van der Waals surface area contributed by atoms with Crippen molar-refractivity contribution in [3.63, 3.8) is 0 Å². The van der Waals surface area contributed by atoms with Gasteiger partial charge in [-0.2, -0.15) is 0 Å². The van der Waals surface area contributed by atoms with Crippen LogP contribution in [0.4, 0.5) is 0 Å². The zero-order chi connectivity index (χ0) is 24.6. The van der Waals surface area contributed by atoms with Gasteiger partial charge in [-0.25, -0.2) is 9.97 Å². The molecule has 1 unspecified atom stereocenters. The van der Waals surface area contributed by atoms with Gasteiger partial charge in [-0.1, -0.05) is 6.92 Å². The number of nitrogens with zero attached hydrogens (tertiary/aromatic N) is 4. The van der Waals surface area contributed by atoms with Gasteiger partial charge in [-0.05, 0) is 86.4 Å². The Morgan fingerprint density at radius 3 is 2.83 bits per heavy atom. The van der Waals surface area contributed by atoms with E-state index >= 15 is 0 Å². The minimum Gasteiger partial charge on any atom is -0.497 e. The zero-order valence-corrected chi connectivity index (χ0v) is 20.8. The summed E-state index contributed by atoms with van der Waals surface area (Å²) in [7, 11) is 1.68. The molecule has 4 rings (SSSR count). The van der Waals surface area contributed by atoms with Gasteiger partial charge < -0.3 is 14.7 Å². The topological polar surface area (TPSA) is 88.4 Å². The molecular formula is C28H36N4O3. The first-order chi connectivity index (χ1) is 17.1. The molecule has 1 aliphatic heterocycles. The number of fused-ring (bicyclic) bond motifs is 1. The number of ether oxygens (including phenoxy) is 1. The van der Waals surface area contributed by atoms with E-state index in [4.69, 9.17) is 4.74 Å². The van der Waals surface area contributed by atoms with E-state index in [0.29, 0.717) is 11.8 Å². The van der Waals surface area contributed by atoms with Gasteiger partial charge in [0.25, 0.3) is 0 Å². The minimum atomic E-state index is -0.697. The van der Waals surface area contributed by atoms with Crippen LogP contribution in [-0.4, -0.2) is 57.7 Å². The largest absolute Gasteiger partial charge is 0.497 e. The van der Waals surface area contributed by atoms with E-state index in [9.17, 15) is 9.90 Å². The van der Waals surface area contributed by atoms with Crippen LogP contribution in [0.2, 0.25) is 0 Å². The van der Waals surface area contributed by atoms with Crippen molar-refractivity contribution >= 4 is 16.9 Å². The Morgan fingerprint density at radius 1 is 1.20 bits per heavy atom. The summed E-state index contributed by atoms with van der Waals surface area (Å²) in [5.74, 6) is 1.10. The van der Waals surface area contributed by atoms with Gasteiger partial charge in [0.15, 0.2) is 0 Å². The number of hydrogen-bond donors (Lipinski definition) is 1. The Morgan fingerprint density at radius 2 is 2.09 bits per heavy atom. The van der Waals surface area contributed by atoms with Crippen LogP contribution in [0, 0.1) is 11.8 Å². The Balaban J connectivity index is 1.37. The molecule has 0 amide bonds.